The third kappa shape index (κ3) is 4.57. The summed E-state index contributed by atoms with van der Waals surface area (Å²) < 4.78 is 6.03. The number of hydrogen-bond donors (Lipinski definition) is 1. The third-order valence-electron chi connectivity index (χ3n) is 5.42. The lowest BCUT2D eigenvalue weighted by Gasteiger charge is -2.31. The van der Waals surface area contributed by atoms with Crippen molar-refractivity contribution in [1.82, 2.24) is 14.8 Å². The van der Waals surface area contributed by atoms with Crippen LogP contribution in [0.15, 0.2) is 36.5 Å². The van der Waals surface area contributed by atoms with Crippen LogP contribution in [0.5, 0.6) is 0 Å². The van der Waals surface area contributed by atoms with Crippen molar-refractivity contribution in [3.8, 4) is 0 Å². The maximum Gasteiger partial charge on any atom is 0.321 e. The maximum atomic E-state index is 12.9. The highest BCUT2D eigenvalue weighted by atomic mass is 16.5. The molecule has 2 amide bonds. The van der Waals surface area contributed by atoms with E-state index >= 15 is 0 Å². The Hall–Kier alpha value is -2.18. The number of urea groups is 1. The van der Waals surface area contributed by atoms with Crippen molar-refractivity contribution in [3.63, 3.8) is 0 Å². The van der Waals surface area contributed by atoms with Crippen LogP contribution < -0.4 is 5.32 Å². The van der Waals surface area contributed by atoms with Gasteiger partial charge in [-0.1, -0.05) is 24.6 Å². The van der Waals surface area contributed by atoms with Gasteiger partial charge in [-0.05, 0) is 44.5 Å². The molecule has 0 saturated carbocycles. The first-order valence-corrected chi connectivity index (χ1v) is 10.0. The van der Waals surface area contributed by atoms with Crippen molar-refractivity contribution in [3.05, 3.63) is 36.5 Å². The number of hydrogen-bond acceptors (Lipinski definition) is 4. The van der Waals surface area contributed by atoms with Crippen molar-refractivity contribution < 1.29 is 9.53 Å². The summed E-state index contributed by atoms with van der Waals surface area (Å²) in [5.41, 5.74) is 1.58. The molecule has 6 heteroatoms. The average molecular weight is 368 g/mol. The molecule has 4 rings (SSSR count). The quantitative estimate of drug-likeness (QED) is 0.903. The number of carbonyl (C=O) groups excluding carboxylic acids is 1. The fourth-order valence-corrected chi connectivity index (χ4v) is 4.02. The highest BCUT2D eigenvalue weighted by Gasteiger charge is 2.25. The van der Waals surface area contributed by atoms with Gasteiger partial charge in [-0.25, -0.2) is 4.79 Å². The van der Waals surface area contributed by atoms with Crippen LogP contribution in [0.4, 0.5) is 10.5 Å². The summed E-state index contributed by atoms with van der Waals surface area (Å²) in [6.45, 7) is 5.29. The summed E-state index contributed by atoms with van der Waals surface area (Å²) in [6.07, 6.45) is 6.58. The minimum absolute atomic E-state index is 0.0673. The molecule has 2 saturated heterocycles. The number of fused-ring (bicyclic) bond motifs is 1. The van der Waals surface area contributed by atoms with Gasteiger partial charge in [-0.15, -0.1) is 0 Å². The molecule has 3 heterocycles. The second-order valence-electron chi connectivity index (χ2n) is 7.46. The Balaban J connectivity index is 1.42. The largest absolute Gasteiger partial charge is 0.375 e. The molecule has 2 aliphatic rings. The van der Waals surface area contributed by atoms with Crippen molar-refractivity contribution >= 4 is 22.6 Å². The molecule has 1 aromatic carbocycles. The number of carbonyl (C=O) groups is 1. The Labute approximate surface area is 160 Å². The second-order valence-corrected chi connectivity index (χ2v) is 7.46. The monoisotopic (exact) mass is 368 g/mol. The summed E-state index contributed by atoms with van der Waals surface area (Å²) in [5, 5.41) is 4.09. The van der Waals surface area contributed by atoms with Crippen LogP contribution in [0.2, 0.25) is 0 Å². The molecule has 27 heavy (non-hydrogen) atoms. The van der Waals surface area contributed by atoms with Crippen LogP contribution in [0.3, 0.4) is 0 Å². The van der Waals surface area contributed by atoms with Gasteiger partial charge < -0.3 is 19.9 Å². The number of para-hydroxylation sites is 1. The fraction of sp³-hybridized carbons (Fsp3) is 0.524. The van der Waals surface area contributed by atoms with Gasteiger partial charge >= 0.3 is 6.03 Å². The molecule has 6 nitrogen and oxygen atoms in total. The normalized spacial score (nSPS) is 21.8. The van der Waals surface area contributed by atoms with Gasteiger partial charge in [0, 0.05) is 37.8 Å². The fourth-order valence-electron chi connectivity index (χ4n) is 4.02. The highest BCUT2D eigenvalue weighted by Crippen LogP contribution is 2.21. The Kier molecular flexibility index (Phi) is 5.84. The summed E-state index contributed by atoms with van der Waals surface area (Å²) in [4.78, 5) is 21.7. The summed E-state index contributed by atoms with van der Waals surface area (Å²) in [5.74, 6) is 0. The molecule has 1 atom stereocenters. The Morgan fingerprint density at radius 2 is 1.96 bits per heavy atom. The minimum atomic E-state index is -0.0673. The van der Waals surface area contributed by atoms with E-state index in [9.17, 15) is 4.79 Å². The topological polar surface area (TPSA) is 57.7 Å². The van der Waals surface area contributed by atoms with E-state index in [1.54, 1.807) is 6.20 Å². The standard InChI is InChI=1S/C21H28N4O2/c26-21(23-19-9-4-7-17-8-5-10-22-20(17)19)25-13-6-14-27-18(16-25)15-24-11-2-1-3-12-24/h4-5,7-10,18H,1-3,6,11-16H2,(H,23,26)/t18-/m0/s1. The minimum Gasteiger partial charge on any atom is -0.375 e. The molecule has 144 valence electrons. The van der Waals surface area contributed by atoms with E-state index in [1.165, 1.54) is 19.3 Å². The molecule has 0 radical (unpaired) electrons. The van der Waals surface area contributed by atoms with Crippen molar-refractivity contribution in [1.29, 1.82) is 0 Å². The van der Waals surface area contributed by atoms with Gasteiger partial charge in [0.2, 0.25) is 0 Å². The van der Waals surface area contributed by atoms with E-state index in [4.69, 9.17) is 4.74 Å². The maximum absolute atomic E-state index is 12.9. The smallest absolute Gasteiger partial charge is 0.321 e. The van der Waals surface area contributed by atoms with Crippen molar-refractivity contribution in [2.24, 2.45) is 0 Å². The van der Waals surface area contributed by atoms with Crippen LogP contribution in [0.1, 0.15) is 25.7 Å². The van der Waals surface area contributed by atoms with E-state index in [-0.39, 0.29) is 12.1 Å². The van der Waals surface area contributed by atoms with Crippen molar-refractivity contribution in [2.45, 2.75) is 31.8 Å². The predicted molar refractivity (Wildman–Crippen MR) is 107 cm³/mol. The molecular formula is C21H28N4O2. The number of amides is 2. The zero-order chi connectivity index (χ0) is 18.5. The number of likely N-dealkylation sites (tertiary alicyclic amines) is 1. The van der Waals surface area contributed by atoms with E-state index in [0.29, 0.717) is 6.54 Å². The lowest BCUT2D eigenvalue weighted by Crippen LogP contribution is -2.45. The van der Waals surface area contributed by atoms with Crippen LogP contribution in [-0.4, -0.2) is 66.2 Å². The number of ether oxygens (including phenoxy) is 1. The Morgan fingerprint density at radius 3 is 2.85 bits per heavy atom. The molecule has 2 fully saturated rings. The molecular weight excluding hydrogens is 340 g/mol. The first-order chi connectivity index (χ1) is 13.3. The zero-order valence-corrected chi connectivity index (χ0v) is 15.8. The molecule has 0 bridgehead atoms. The van der Waals surface area contributed by atoms with E-state index in [1.807, 2.05) is 35.2 Å². The lowest BCUT2D eigenvalue weighted by atomic mass is 10.1. The number of nitrogens with one attached hydrogen (secondary N) is 1. The highest BCUT2D eigenvalue weighted by molar-refractivity contribution is 5.99. The molecule has 0 unspecified atom stereocenters. The number of anilines is 1. The second kappa shape index (κ2) is 8.67. The van der Waals surface area contributed by atoms with Gasteiger partial charge in [-0.3, -0.25) is 4.98 Å². The summed E-state index contributed by atoms with van der Waals surface area (Å²) in [6, 6.07) is 9.71. The van der Waals surface area contributed by atoms with Crippen molar-refractivity contribution in [2.75, 3.05) is 44.6 Å². The molecule has 1 N–H and O–H groups in total. The molecule has 0 aliphatic carbocycles. The van der Waals surface area contributed by atoms with Gasteiger partial charge in [0.25, 0.3) is 0 Å². The van der Waals surface area contributed by atoms with Crippen LogP contribution >= 0.6 is 0 Å². The summed E-state index contributed by atoms with van der Waals surface area (Å²) in [7, 11) is 0. The average Bonchev–Trinajstić information content (AvgIpc) is 2.95. The number of pyridine rings is 1. The first kappa shape index (κ1) is 18.2. The number of benzene rings is 1. The van der Waals surface area contributed by atoms with E-state index in [0.717, 1.165) is 55.8 Å². The Bertz CT molecular complexity index is 770. The first-order valence-electron chi connectivity index (χ1n) is 10.0. The number of rotatable bonds is 3. The van der Waals surface area contributed by atoms with Crippen LogP contribution in [0, 0.1) is 0 Å². The van der Waals surface area contributed by atoms with E-state index < -0.39 is 0 Å². The van der Waals surface area contributed by atoms with E-state index in [2.05, 4.69) is 15.2 Å². The SMILES string of the molecule is O=C(Nc1cccc2cccnc12)N1CCCO[C@@H](CN2CCCCC2)C1. The molecule has 1 aromatic heterocycles. The van der Waals surface area contributed by atoms with Crippen LogP contribution in [-0.2, 0) is 4.74 Å². The zero-order valence-electron chi connectivity index (χ0n) is 15.8. The number of piperidine rings is 1. The predicted octanol–water partition coefficient (Wildman–Crippen LogP) is 3.34. The van der Waals surface area contributed by atoms with Gasteiger partial charge in [0.05, 0.1) is 17.3 Å². The molecule has 2 aliphatic heterocycles. The lowest BCUT2D eigenvalue weighted by molar-refractivity contribution is 0.0261. The third-order valence-corrected chi connectivity index (χ3v) is 5.42. The van der Waals surface area contributed by atoms with Gasteiger partial charge in [0.15, 0.2) is 0 Å². The van der Waals surface area contributed by atoms with Crippen LogP contribution in [0.25, 0.3) is 10.9 Å². The number of nitrogens with zero attached hydrogens (tertiary/aromatic N) is 3. The summed E-state index contributed by atoms with van der Waals surface area (Å²) >= 11 is 0. The Morgan fingerprint density at radius 1 is 1.11 bits per heavy atom. The van der Waals surface area contributed by atoms with Gasteiger partial charge in [0.1, 0.15) is 0 Å². The number of aromatic nitrogens is 1. The molecule has 2 aromatic rings. The molecule has 0 spiro atoms. The van der Waals surface area contributed by atoms with Gasteiger partial charge in [-0.2, -0.15) is 0 Å².